The summed E-state index contributed by atoms with van der Waals surface area (Å²) in [5.74, 6) is 0.0235. The second-order valence-corrected chi connectivity index (χ2v) is 3.79. The Bertz CT molecular complexity index is 611. The number of nitro groups is 1. The Morgan fingerprint density at radius 2 is 2.28 bits per heavy atom. The predicted molar refractivity (Wildman–Crippen MR) is 60.6 cm³/mol. The highest BCUT2D eigenvalue weighted by Crippen LogP contribution is 2.18. The number of aryl methyl sites for hydroxylation is 1. The average Bonchev–Trinajstić information content (AvgIpc) is 2.85. The van der Waals surface area contributed by atoms with Crippen LogP contribution < -0.4 is 0 Å². The van der Waals surface area contributed by atoms with Crippen molar-refractivity contribution in [2.45, 2.75) is 13.5 Å². The second kappa shape index (κ2) is 4.36. The highest BCUT2D eigenvalue weighted by molar-refractivity contribution is 5.86. The highest BCUT2D eigenvalue weighted by Gasteiger charge is 2.19. The number of furan rings is 1. The zero-order chi connectivity index (χ0) is 13.3. The molecule has 0 saturated carbocycles. The lowest BCUT2D eigenvalue weighted by Crippen LogP contribution is -2.07. The normalized spacial score (nSPS) is 10.5. The van der Waals surface area contributed by atoms with Crippen LogP contribution in [-0.2, 0) is 6.54 Å². The third kappa shape index (κ3) is 2.24. The fraction of sp³-hybridized carbons (Fsp3) is 0.182. The van der Waals surface area contributed by atoms with Crippen molar-refractivity contribution in [2.75, 3.05) is 0 Å². The van der Waals surface area contributed by atoms with Crippen LogP contribution in [0.3, 0.4) is 0 Å². The molecule has 18 heavy (non-hydrogen) atoms. The Balaban J connectivity index is 2.36. The lowest BCUT2D eigenvalue weighted by molar-refractivity contribution is -0.384. The van der Waals surface area contributed by atoms with Crippen molar-refractivity contribution < 1.29 is 19.2 Å². The Hall–Kier alpha value is -2.57. The molecule has 2 rings (SSSR count). The van der Waals surface area contributed by atoms with E-state index in [9.17, 15) is 14.9 Å². The van der Waals surface area contributed by atoms with Crippen LogP contribution in [0.5, 0.6) is 0 Å². The summed E-state index contributed by atoms with van der Waals surface area (Å²) < 4.78 is 6.58. The maximum atomic E-state index is 11.0. The number of aromatic carboxylic acids is 1. The standard InChI is InChI=1S/C11H10N2O5/c1-7-2-3-9(18-7)6-12-5-8(13(16)17)4-10(12)11(14)15/h2-5H,6H2,1H3,(H,14,15). The molecule has 1 N–H and O–H groups in total. The number of carbonyl (C=O) groups is 1. The highest BCUT2D eigenvalue weighted by atomic mass is 16.6. The Morgan fingerprint density at radius 1 is 1.56 bits per heavy atom. The van der Waals surface area contributed by atoms with E-state index in [1.165, 1.54) is 10.8 Å². The molecule has 0 unspecified atom stereocenters. The first-order valence-corrected chi connectivity index (χ1v) is 5.10. The molecule has 0 spiro atoms. The molecule has 0 bridgehead atoms. The van der Waals surface area contributed by atoms with Gasteiger partial charge in [-0.15, -0.1) is 0 Å². The van der Waals surface area contributed by atoms with Gasteiger partial charge >= 0.3 is 5.97 Å². The van der Waals surface area contributed by atoms with E-state index in [1.807, 2.05) is 0 Å². The number of carboxylic acid groups (broad SMARTS) is 1. The molecule has 0 aliphatic carbocycles. The largest absolute Gasteiger partial charge is 0.477 e. The zero-order valence-corrected chi connectivity index (χ0v) is 9.49. The van der Waals surface area contributed by atoms with Gasteiger partial charge in [0, 0.05) is 6.07 Å². The number of hydrogen-bond acceptors (Lipinski definition) is 4. The van der Waals surface area contributed by atoms with Gasteiger partial charge in [0.15, 0.2) is 0 Å². The Kier molecular flexibility index (Phi) is 2.88. The topological polar surface area (TPSA) is 98.5 Å². The van der Waals surface area contributed by atoms with Crippen molar-refractivity contribution in [3.8, 4) is 0 Å². The molecular formula is C11H10N2O5. The minimum absolute atomic E-state index is 0.142. The average molecular weight is 250 g/mol. The third-order valence-electron chi connectivity index (χ3n) is 2.43. The lowest BCUT2D eigenvalue weighted by atomic mass is 10.4. The van der Waals surface area contributed by atoms with E-state index in [0.29, 0.717) is 11.5 Å². The summed E-state index contributed by atoms with van der Waals surface area (Å²) in [5.41, 5.74) is -0.397. The number of aromatic nitrogens is 1. The molecule has 0 saturated heterocycles. The summed E-state index contributed by atoms with van der Waals surface area (Å²) in [6.45, 7) is 1.91. The molecule has 0 aromatic carbocycles. The van der Waals surface area contributed by atoms with Gasteiger partial charge in [-0.1, -0.05) is 0 Å². The van der Waals surface area contributed by atoms with Crippen molar-refractivity contribution in [3.63, 3.8) is 0 Å². The van der Waals surface area contributed by atoms with E-state index in [-0.39, 0.29) is 17.9 Å². The summed E-state index contributed by atoms with van der Waals surface area (Å²) in [5, 5.41) is 19.6. The fourth-order valence-corrected chi connectivity index (χ4v) is 1.64. The van der Waals surface area contributed by atoms with Gasteiger partial charge in [-0.3, -0.25) is 10.1 Å². The number of rotatable bonds is 4. The van der Waals surface area contributed by atoms with Crippen molar-refractivity contribution >= 4 is 11.7 Å². The maximum absolute atomic E-state index is 11.0. The Morgan fingerprint density at radius 3 is 2.78 bits per heavy atom. The molecule has 2 heterocycles. The van der Waals surface area contributed by atoms with E-state index in [1.54, 1.807) is 19.1 Å². The van der Waals surface area contributed by atoms with Gasteiger partial charge in [0.2, 0.25) is 0 Å². The van der Waals surface area contributed by atoms with Crippen LogP contribution in [0.15, 0.2) is 28.8 Å². The maximum Gasteiger partial charge on any atom is 0.352 e. The predicted octanol–water partition coefficient (Wildman–Crippen LogP) is 2.04. The molecule has 2 aromatic heterocycles. The van der Waals surface area contributed by atoms with Gasteiger partial charge in [0.1, 0.15) is 17.2 Å². The van der Waals surface area contributed by atoms with Gasteiger partial charge < -0.3 is 14.1 Å². The minimum Gasteiger partial charge on any atom is -0.477 e. The van der Waals surface area contributed by atoms with Gasteiger partial charge in [-0.2, -0.15) is 0 Å². The molecule has 2 aromatic rings. The molecule has 0 atom stereocenters. The van der Waals surface area contributed by atoms with Crippen molar-refractivity contribution in [3.05, 3.63) is 51.7 Å². The second-order valence-electron chi connectivity index (χ2n) is 3.79. The van der Waals surface area contributed by atoms with Crippen molar-refractivity contribution in [1.29, 1.82) is 0 Å². The van der Waals surface area contributed by atoms with Crippen LogP contribution in [0, 0.1) is 17.0 Å². The van der Waals surface area contributed by atoms with Gasteiger partial charge in [0.25, 0.3) is 5.69 Å². The van der Waals surface area contributed by atoms with Crippen molar-refractivity contribution in [2.24, 2.45) is 0 Å². The third-order valence-corrected chi connectivity index (χ3v) is 2.43. The fourth-order valence-electron chi connectivity index (χ4n) is 1.64. The molecule has 0 aliphatic rings. The van der Waals surface area contributed by atoms with Crippen LogP contribution in [0.4, 0.5) is 5.69 Å². The quantitative estimate of drug-likeness (QED) is 0.661. The van der Waals surface area contributed by atoms with Crippen LogP contribution in [0.25, 0.3) is 0 Å². The van der Waals surface area contributed by atoms with Crippen molar-refractivity contribution in [1.82, 2.24) is 4.57 Å². The molecule has 7 heteroatoms. The number of nitrogens with zero attached hydrogens (tertiary/aromatic N) is 2. The van der Waals surface area contributed by atoms with E-state index in [2.05, 4.69) is 0 Å². The van der Waals surface area contributed by atoms with Crippen LogP contribution in [0.2, 0.25) is 0 Å². The van der Waals surface area contributed by atoms with Gasteiger partial charge in [-0.25, -0.2) is 4.79 Å². The molecule has 0 fully saturated rings. The SMILES string of the molecule is Cc1ccc(Cn2cc([N+](=O)[O-])cc2C(=O)O)o1. The van der Waals surface area contributed by atoms with Crippen LogP contribution in [-0.4, -0.2) is 20.6 Å². The van der Waals surface area contributed by atoms with E-state index < -0.39 is 10.9 Å². The monoisotopic (exact) mass is 250 g/mol. The molecule has 0 aliphatic heterocycles. The number of carboxylic acids is 1. The van der Waals surface area contributed by atoms with Crippen LogP contribution >= 0.6 is 0 Å². The molecule has 7 nitrogen and oxygen atoms in total. The molecule has 0 amide bonds. The van der Waals surface area contributed by atoms with E-state index >= 15 is 0 Å². The number of hydrogen-bond donors (Lipinski definition) is 1. The first-order valence-electron chi connectivity index (χ1n) is 5.10. The van der Waals surface area contributed by atoms with E-state index in [0.717, 1.165) is 6.07 Å². The first-order chi connectivity index (χ1) is 8.47. The molecule has 94 valence electrons. The summed E-state index contributed by atoms with van der Waals surface area (Å²) in [6.07, 6.45) is 1.18. The molecule has 0 radical (unpaired) electrons. The summed E-state index contributed by atoms with van der Waals surface area (Å²) in [6, 6.07) is 4.47. The Labute approximate surface area is 101 Å². The van der Waals surface area contributed by atoms with Gasteiger partial charge in [0.05, 0.1) is 17.7 Å². The summed E-state index contributed by atoms with van der Waals surface area (Å²) in [4.78, 5) is 21.0. The van der Waals surface area contributed by atoms with Gasteiger partial charge in [-0.05, 0) is 19.1 Å². The zero-order valence-electron chi connectivity index (χ0n) is 9.49. The summed E-state index contributed by atoms with van der Waals surface area (Å²) >= 11 is 0. The van der Waals surface area contributed by atoms with E-state index in [4.69, 9.17) is 9.52 Å². The van der Waals surface area contributed by atoms with Crippen LogP contribution in [0.1, 0.15) is 22.0 Å². The minimum atomic E-state index is -1.22. The lowest BCUT2D eigenvalue weighted by Gasteiger charge is -2.02. The summed E-state index contributed by atoms with van der Waals surface area (Å²) in [7, 11) is 0. The smallest absolute Gasteiger partial charge is 0.352 e. The molecular weight excluding hydrogens is 240 g/mol. The first kappa shape index (κ1) is 11.9.